The molecular weight excluding hydrogens is 231 g/mol. The van der Waals surface area contributed by atoms with Crippen LogP contribution in [0, 0.1) is 0 Å². The van der Waals surface area contributed by atoms with Gasteiger partial charge in [-0.2, -0.15) is 21.6 Å². The lowest BCUT2D eigenvalue weighted by molar-refractivity contribution is -0.129. The molecule has 0 aromatic heterocycles. The number of nitrogens with one attached hydrogen (secondary N) is 1. The van der Waals surface area contributed by atoms with Crippen molar-refractivity contribution in [3.63, 3.8) is 0 Å². The Kier molecular flexibility index (Phi) is 3.85. The minimum atomic E-state index is -5.82. The molecule has 0 saturated carbocycles. The molecule has 0 spiro atoms. The second-order valence-electron chi connectivity index (χ2n) is 2.11. The fourth-order valence-electron chi connectivity index (χ4n) is 0.341. The van der Waals surface area contributed by atoms with Crippen LogP contribution in [0.4, 0.5) is 13.2 Å². The van der Waals surface area contributed by atoms with Crippen molar-refractivity contribution in [3.8, 4) is 0 Å². The van der Waals surface area contributed by atoms with Gasteiger partial charge >= 0.3 is 15.5 Å². The van der Waals surface area contributed by atoms with Gasteiger partial charge in [0.05, 0.1) is 6.61 Å². The largest absolute Gasteiger partial charge is 0.516 e. The first kappa shape index (κ1) is 13.1. The van der Waals surface area contributed by atoms with Crippen molar-refractivity contribution >= 4 is 15.9 Å². The molecule has 0 aromatic carbocycles. The van der Waals surface area contributed by atoms with E-state index in [1.165, 1.54) is 0 Å². The average molecular weight is 237 g/mol. The first-order valence-corrected chi connectivity index (χ1v) is 4.52. The summed E-state index contributed by atoms with van der Waals surface area (Å²) < 4.78 is 55.9. The van der Waals surface area contributed by atoms with Crippen molar-refractivity contribution < 1.29 is 36.6 Å². The highest BCUT2D eigenvalue weighted by Gasteiger charge is 2.47. The molecule has 1 amide bonds. The standard InChI is InChI=1S/C4H6F3NO5S/c5-4(6,7)14(12,13)8-3(11)2(10)1-9/h2,9-10H,1H2,(H,8,11). The molecule has 0 aliphatic heterocycles. The highest BCUT2D eigenvalue weighted by molar-refractivity contribution is 7.90. The third-order valence-electron chi connectivity index (χ3n) is 1.02. The molecule has 0 aromatic rings. The zero-order chi connectivity index (χ0) is 11.6. The van der Waals surface area contributed by atoms with Crippen molar-refractivity contribution in [1.29, 1.82) is 0 Å². The van der Waals surface area contributed by atoms with Gasteiger partial charge in [-0.25, -0.2) is 4.72 Å². The van der Waals surface area contributed by atoms with Crippen LogP contribution in [-0.4, -0.2) is 42.8 Å². The summed E-state index contributed by atoms with van der Waals surface area (Å²) in [5.74, 6) is -1.84. The van der Waals surface area contributed by atoms with Crippen molar-refractivity contribution in [1.82, 2.24) is 4.72 Å². The van der Waals surface area contributed by atoms with Gasteiger partial charge in [0.2, 0.25) is 0 Å². The molecule has 0 aliphatic rings. The summed E-state index contributed by atoms with van der Waals surface area (Å²) in [6.45, 7) is -1.18. The lowest BCUT2D eigenvalue weighted by Crippen LogP contribution is -2.45. The van der Waals surface area contributed by atoms with Crippen LogP contribution in [0.25, 0.3) is 0 Å². The normalized spacial score (nSPS) is 14.9. The van der Waals surface area contributed by atoms with E-state index >= 15 is 0 Å². The second-order valence-corrected chi connectivity index (χ2v) is 3.79. The van der Waals surface area contributed by atoms with Crippen LogP contribution in [-0.2, 0) is 14.8 Å². The van der Waals surface area contributed by atoms with Crippen LogP contribution in [0.15, 0.2) is 0 Å². The zero-order valence-electron chi connectivity index (χ0n) is 6.45. The van der Waals surface area contributed by atoms with Crippen LogP contribution < -0.4 is 4.72 Å². The minimum Gasteiger partial charge on any atom is -0.393 e. The van der Waals surface area contributed by atoms with Crippen LogP contribution >= 0.6 is 0 Å². The molecular formula is C4H6F3NO5S. The van der Waals surface area contributed by atoms with Gasteiger partial charge in [-0.15, -0.1) is 0 Å². The topological polar surface area (TPSA) is 104 Å². The van der Waals surface area contributed by atoms with Gasteiger partial charge in [0.25, 0.3) is 5.91 Å². The molecule has 6 nitrogen and oxygen atoms in total. The number of hydrogen-bond acceptors (Lipinski definition) is 5. The number of rotatable bonds is 3. The van der Waals surface area contributed by atoms with Crippen molar-refractivity contribution in [2.75, 3.05) is 6.61 Å². The third kappa shape index (κ3) is 3.12. The van der Waals surface area contributed by atoms with E-state index in [1.54, 1.807) is 0 Å². The summed E-state index contributed by atoms with van der Waals surface area (Å²) in [5.41, 5.74) is -5.64. The van der Waals surface area contributed by atoms with Crippen LogP contribution in [0.2, 0.25) is 0 Å². The highest BCUT2D eigenvalue weighted by atomic mass is 32.2. The monoisotopic (exact) mass is 237 g/mol. The summed E-state index contributed by atoms with van der Waals surface area (Å²) in [7, 11) is -5.82. The minimum absolute atomic E-state index is 0.545. The first-order chi connectivity index (χ1) is 6.12. The van der Waals surface area contributed by atoms with Gasteiger partial charge in [-0.05, 0) is 0 Å². The molecule has 0 radical (unpaired) electrons. The first-order valence-electron chi connectivity index (χ1n) is 3.03. The maximum atomic E-state index is 11.6. The Labute approximate surface area is 76.4 Å². The van der Waals surface area contributed by atoms with E-state index in [-0.39, 0.29) is 0 Å². The average Bonchev–Trinajstić information content (AvgIpc) is 2.00. The van der Waals surface area contributed by atoms with Gasteiger partial charge in [-0.3, -0.25) is 4.79 Å². The lowest BCUT2D eigenvalue weighted by atomic mass is 10.4. The number of carbonyl (C=O) groups is 1. The van der Waals surface area contributed by atoms with Gasteiger partial charge in [-0.1, -0.05) is 0 Å². The van der Waals surface area contributed by atoms with E-state index < -0.39 is 34.1 Å². The van der Waals surface area contributed by atoms with E-state index in [4.69, 9.17) is 10.2 Å². The molecule has 14 heavy (non-hydrogen) atoms. The fourth-order valence-corrected chi connectivity index (χ4v) is 0.858. The Morgan fingerprint density at radius 2 is 1.86 bits per heavy atom. The van der Waals surface area contributed by atoms with Gasteiger partial charge in [0, 0.05) is 0 Å². The molecule has 0 bridgehead atoms. The van der Waals surface area contributed by atoms with E-state index in [2.05, 4.69) is 0 Å². The summed E-state index contributed by atoms with van der Waals surface area (Å²) in [5, 5.41) is 16.6. The van der Waals surface area contributed by atoms with Crippen LogP contribution in [0.1, 0.15) is 0 Å². The molecule has 10 heteroatoms. The summed E-state index contributed by atoms with van der Waals surface area (Å²) in [6, 6.07) is 0. The number of carbonyl (C=O) groups excluding carboxylic acids is 1. The number of hydrogen-bond donors (Lipinski definition) is 3. The maximum Gasteiger partial charge on any atom is 0.516 e. The van der Waals surface area contributed by atoms with Crippen molar-refractivity contribution in [2.24, 2.45) is 0 Å². The molecule has 84 valence electrons. The van der Waals surface area contributed by atoms with Gasteiger partial charge < -0.3 is 10.2 Å². The lowest BCUT2D eigenvalue weighted by Gasteiger charge is -2.11. The Morgan fingerprint density at radius 3 is 2.14 bits per heavy atom. The number of sulfonamides is 1. The van der Waals surface area contributed by atoms with E-state index in [0.717, 1.165) is 0 Å². The molecule has 0 fully saturated rings. The molecule has 1 atom stereocenters. The Hall–Kier alpha value is -0.870. The van der Waals surface area contributed by atoms with Gasteiger partial charge in [0.1, 0.15) is 0 Å². The Bertz CT molecular complexity index is 309. The van der Waals surface area contributed by atoms with Crippen LogP contribution in [0.3, 0.4) is 0 Å². The number of amides is 1. The van der Waals surface area contributed by atoms with E-state index in [9.17, 15) is 26.4 Å². The number of alkyl halides is 3. The SMILES string of the molecule is O=C(NS(=O)(=O)C(F)(F)F)C(O)CO. The predicted molar refractivity (Wildman–Crippen MR) is 36.2 cm³/mol. The molecule has 3 N–H and O–H groups in total. The highest BCUT2D eigenvalue weighted by Crippen LogP contribution is 2.21. The van der Waals surface area contributed by atoms with E-state index in [0.29, 0.717) is 4.72 Å². The second kappa shape index (κ2) is 4.11. The molecule has 0 aliphatic carbocycles. The fraction of sp³-hybridized carbons (Fsp3) is 0.750. The summed E-state index contributed by atoms with van der Waals surface area (Å²) >= 11 is 0. The smallest absolute Gasteiger partial charge is 0.393 e. The molecule has 1 unspecified atom stereocenters. The molecule has 0 saturated heterocycles. The number of halogens is 3. The number of aliphatic hydroxyl groups is 2. The Morgan fingerprint density at radius 1 is 1.43 bits per heavy atom. The third-order valence-corrected chi connectivity index (χ3v) is 2.09. The molecule has 0 heterocycles. The maximum absolute atomic E-state index is 11.6. The molecule has 0 rings (SSSR count). The quantitative estimate of drug-likeness (QED) is 0.543. The summed E-state index contributed by atoms with van der Waals surface area (Å²) in [6.07, 6.45) is -2.22. The zero-order valence-corrected chi connectivity index (χ0v) is 7.26. The Balaban J connectivity index is 4.63. The van der Waals surface area contributed by atoms with Crippen LogP contribution in [0.5, 0.6) is 0 Å². The van der Waals surface area contributed by atoms with E-state index in [1.807, 2.05) is 0 Å². The van der Waals surface area contributed by atoms with Crippen molar-refractivity contribution in [2.45, 2.75) is 11.6 Å². The summed E-state index contributed by atoms with van der Waals surface area (Å²) in [4.78, 5) is 10.4. The van der Waals surface area contributed by atoms with Crippen molar-refractivity contribution in [3.05, 3.63) is 0 Å². The van der Waals surface area contributed by atoms with Gasteiger partial charge in [0.15, 0.2) is 6.10 Å². The number of aliphatic hydroxyl groups excluding tert-OH is 2. The predicted octanol–water partition coefficient (Wildman–Crippen LogP) is -1.69.